The highest BCUT2D eigenvalue weighted by Gasteiger charge is 2.31. The number of likely N-dealkylation sites (tertiary alicyclic amines) is 1. The molecule has 2 aliphatic rings. The van der Waals surface area contributed by atoms with E-state index < -0.39 is 0 Å². The largest absolute Gasteiger partial charge is 0.478 e. The zero-order valence-electron chi connectivity index (χ0n) is 18.0. The fourth-order valence-electron chi connectivity index (χ4n) is 3.99. The molecule has 3 heterocycles. The lowest BCUT2D eigenvalue weighted by atomic mass is 10.2. The summed E-state index contributed by atoms with van der Waals surface area (Å²) >= 11 is 0. The lowest BCUT2D eigenvalue weighted by molar-refractivity contribution is 0.0356. The third-order valence-corrected chi connectivity index (χ3v) is 5.69. The van der Waals surface area contributed by atoms with Crippen LogP contribution in [0, 0.1) is 0 Å². The van der Waals surface area contributed by atoms with Crippen molar-refractivity contribution in [1.29, 1.82) is 0 Å². The van der Waals surface area contributed by atoms with Crippen LogP contribution in [-0.4, -0.2) is 91.2 Å². The number of aromatic nitrogens is 2. The molecule has 1 aromatic heterocycles. The Labute approximate surface area is 174 Å². The monoisotopic (exact) mass is 408 g/mol. The zero-order chi connectivity index (χ0) is 20.5. The number of carbonyl (C=O) groups is 1. The molecule has 29 heavy (non-hydrogen) atoms. The summed E-state index contributed by atoms with van der Waals surface area (Å²) in [6, 6.07) is 1.95. The fraction of sp³-hybridized carbons (Fsp3) is 0.810. The molecule has 1 amide bonds. The predicted molar refractivity (Wildman–Crippen MR) is 110 cm³/mol. The van der Waals surface area contributed by atoms with E-state index in [9.17, 15) is 4.79 Å². The molecule has 8 nitrogen and oxygen atoms in total. The van der Waals surface area contributed by atoms with Crippen molar-refractivity contribution in [3.63, 3.8) is 0 Å². The average Bonchev–Trinajstić information content (AvgIpc) is 3.37. The Bertz CT molecular complexity index is 630. The van der Waals surface area contributed by atoms with Crippen LogP contribution in [0.4, 0.5) is 0 Å². The number of ether oxygens (including phenoxy) is 3. The van der Waals surface area contributed by atoms with E-state index in [4.69, 9.17) is 14.2 Å². The Morgan fingerprint density at radius 3 is 2.83 bits per heavy atom. The molecule has 2 aliphatic heterocycles. The maximum atomic E-state index is 13.1. The molecular weight excluding hydrogens is 372 g/mol. The standard InChI is InChI=1S/C21H36N4O4/c1-3-4-5-13-29-20-16-19(21(26)24-8-6-7-18(24)17-27-2)22-25(20)10-9-23-11-14-28-15-12-23/h16,18H,3-15,17H2,1-2H3. The molecule has 0 aliphatic carbocycles. The molecule has 0 bridgehead atoms. The normalized spacial score (nSPS) is 20.3. The first-order chi connectivity index (χ1) is 14.2. The minimum atomic E-state index is -0.0203. The summed E-state index contributed by atoms with van der Waals surface area (Å²) in [4.78, 5) is 17.4. The lowest BCUT2D eigenvalue weighted by Crippen LogP contribution is -2.39. The molecule has 0 aromatic carbocycles. The van der Waals surface area contributed by atoms with Crippen LogP contribution < -0.4 is 4.74 Å². The van der Waals surface area contributed by atoms with Gasteiger partial charge in [0.25, 0.3) is 5.91 Å². The van der Waals surface area contributed by atoms with Crippen LogP contribution >= 0.6 is 0 Å². The third kappa shape index (κ3) is 6.17. The molecule has 1 atom stereocenters. The van der Waals surface area contributed by atoms with Crippen LogP contribution in [0.5, 0.6) is 5.88 Å². The van der Waals surface area contributed by atoms with Gasteiger partial charge in [-0.05, 0) is 19.3 Å². The maximum absolute atomic E-state index is 13.1. The number of hydrogen-bond donors (Lipinski definition) is 0. The third-order valence-electron chi connectivity index (χ3n) is 5.69. The van der Waals surface area contributed by atoms with Crippen LogP contribution in [0.25, 0.3) is 0 Å². The Morgan fingerprint density at radius 2 is 2.07 bits per heavy atom. The van der Waals surface area contributed by atoms with Gasteiger partial charge in [-0.25, -0.2) is 4.68 Å². The molecule has 2 saturated heterocycles. The average molecular weight is 409 g/mol. The number of hydrogen-bond acceptors (Lipinski definition) is 6. The first-order valence-corrected chi connectivity index (χ1v) is 11.0. The van der Waals surface area contributed by atoms with Gasteiger partial charge in [0, 0.05) is 39.4 Å². The van der Waals surface area contributed by atoms with E-state index in [1.165, 1.54) is 0 Å². The Kier molecular flexibility index (Phi) is 8.76. The lowest BCUT2D eigenvalue weighted by Gasteiger charge is -2.26. The number of nitrogens with zero attached hydrogens (tertiary/aromatic N) is 4. The van der Waals surface area contributed by atoms with Crippen molar-refractivity contribution in [1.82, 2.24) is 19.6 Å². The number of rotatable bonds is 11. The van der Waals surface area contributed by atoms with Crippen molar-refractivity contribution < 1.29 is 19.0 Å². The highest BCUT2D eigenvalue weighted by atomic mass is 16.5. The van der Waals surface area contributed by atoms with Gasteiger partial charge >= 0.3 is 0 Å². The van der Waals surface area contributed by atoms with Crippen molar-refractivity contribution in [3.05, 3.63) is 11.8 Å². The highest BCUT2D eigenvalue weighted by Crippen LogP contribution is 2.22. The number of methoxy groups -OCH3 is 1. The van der Waals surface area contributed by atoms with Crippen LogP contribution in [0.2, 0.25) is 0 Å². The van der Waals surface area contributed by atoms with Crippen molar-refractivity contribution >= 4 is 5.91 Å². The summed E-state index contributed by atoms with van der Waals surface area (Å²) in [6.45, 7) is 9.18. The van der Waals surface area contributed by atoms with E-state index in [1.807, 2.05) is 15.6 Å². The Hall–Kier alpha value is -1.64. The summed E-state index contributed by atoms with van der Waals surface area (Å²) in [5.41, 5.74) is 0.473. The van der Waals surface area contributed by atoms with Crippen molar-refractivity contribution in [2.45, 2.75) is 51.6 Å². The van der Waals surface area contributed by atoms with Crippen LogP contribution in [0.15, 0.2) is 6.07 Å². The molecule has 0 radical (unpaired) electrons. The summed E-state index contributed by atoms with van der Waals surface area (Å²) in [7, 11) is 1.68. The molecule has 0 saturated carbocycles. The second-order valence-electron chi connectivity index (χ2n) is 7.85. The van der Waals surface area contributed by atoms with Gasteiger partial charge < -0.3 is 19.1 Å². The van der Waals surface area contributed by atoms with E-state index in [0.29, 0.717) is 31.3 Å². The molecule has 0 spiro atoms. The fourth-order valence-corrected chi connectivity index (χ4v) is 3.99. The van der Waals surface area contributed by atoms with Crippen LogP contribution in [0.3, 0.4) is 0 Å². The molecule has 2 fully saturated rings. The van der Waals surface area contributed by atoms with Crippen LogP contribution in [-0.2, 0) is 16.0 Å². The number of morpholine rings is 1. The SMILES string of the molecule is CCCCCOc1cc(C(=O)N2CCCC2COC)nn1CCN1CCOCC1. The van der Waals surface area contributed by atoms with Gasteiger partial charge in [-0.3, -0.25) is 9.69 Å². The molecule has 0 N–H and O–H groups in total. The molecular formula is C21H36N4O4. The Morgan fingerprint density at radius 1 is 1.24 bits per heavy atom. The van der Waals surface area contributed by atoms with E-state index >= 15 is 0 Å². The van der Waals surface area contributed by atoms with E-state index in [1.54, 1.807) is 7.11 Å². The van der Waals surface area contributed by atoms with Gasteiger partial charge in [0.05, 0.1) is 39.0 Å². The van der Waals surface area contributed by atoms with E-state index in [2.05, 4.69) is 16.9 Å². The second-order valence-corrected chi connectivity index (χ2v) is 7.85. The smallest absolute Gasteiger partial charge is 0.274 e. The first-order valence-electron chi connectivity index (χ1n) is 11.0. The van der Waals surface area contributed by atoms with Gasteiger partial charge in [-0.15, -0.1) is 0 Å². The summed E-state index contributed by atoms with van der Waals surface area (Å²) < 4.78 is 18.6. The topological polar surface area (TPSA) is 69.1 Å². The molecule has 3 rings (SSSR count). The quantitative estimate of drug-likeness (QED) is 0.522. The van der Waals surface area contributed by atoms with Gasteiger partial charge in [-0.2, -0.15) is 5.10 Å². The molecule has 1 unspecified atom stereocenters. The maximum Gasteiger partial charge on any atom is 0.274 e. The van der Waals surface area contributed by atoms with Gasteiger partial charge in [-0.1, -0.05) is 19.8 Å². The highest BCUT2D eigenvalue weighted by molar-refractivity contribution is 5.93. The number of unbranched alkanes of at least 4 members (excludes halogenated alkanes) is 2. The zero-order valence-corrected chi connectivity index (χ0v) is 18.0. The Balaban J connectivity index is 1.67. The van der Waals surface area contributed by atoms with Crippen molar-refractivity contribution in [2.24, 2.45) is 0 Å². The molecule has 1 aromatic rings. The first kappa shape index (κ1) is 22.1. The molecule has 8 heteroatoms. The summed E-state index contributed by atoms with van der Waals surface area (Å²) in [5.74, 6) is 0.674. The summed E-state index contributed by atoms with van der Waals surface area (Å²) in [5, 5.41) is 4.63. The van der Waals surface area contributed by atoms with Gasteiger partial charge in [0.15, 0.2) is 5.69 Å². The van der Waals surface area contributed by atoms with Crippen molar-refractivity contribution in [3.8, 4) is 5.88 Å². The van der Waals surface area contributed by atoms with E-state index in [0.717, 1.165) is 71.5 Å². The molecule has 164 valence electrons. The van der Waals surface area contributed by atoms with Gasteiger partial charge in [0.2, 0.25) is 5.88 Å². The summed E-state index contributed by atoms with van der Waals surface area (Å²) in [6.07, 6.45) is 5.30. The number of amides is 1. The number of carbonyl (C=O) groups excluding carboxylic acids is 1. The van der Waals surface area contributed by atoms with Crippen LogP contribution in [0.1, 0.15) is 49.5 Å². The van der Waals surface area contributed by atoms with Crippen molar-refractivity contribution in [2.75, 3.05) is 59.7 Å². The van der Waals surface area contributed by atoms with Gasteiger partial charge in [0.1, 0.15) is 0 Å². The predicted octanol–water partition coefficient (Wildman–Crippen LogP) is 2.04. The van der Waals surface area contributed by atoms with E-state index in [-0.39, 0.29) is 11.9 Å². The minimum Gasteiger partial charge on any atom is -0.478 e. The second kappa shape index (κ2) is 11.5. The minimum absolute atomic E-state index is 0.0203.